The van der Waals surface area contributed by atoms with E-state index in [-0.39, 0.29) is 5.02 Å². The van der Waals surface area contributed by atoms with E-state index < -0.39 is 5.56 Å². The van der Waals surface area contributed by atoms with Crippen molar-refractivity contribution in [3.8, 4) is 11.4 Å². The number of ether oxygens (including phenoxy) is 1. The van der Waals surface area contributed by atoms with Crippen LogP contribution in [0.15, 0.2) is 70.7 Å². The number of hydrogen-bond acceptors (Lipinski definition) is 5. The Balaban J connectivity index is 1.81. The van der Waals surface area contributed by atoms with E-state index in [0.29, 0.717) is 11.4 Å². The molecule has 1 heterocycles. The Hall–Kier alpha value is -3.12. The summed E-state index contributed by atoms with van der Waals surface area (Å²) in [6.07, 6.45) is 3.06. The van der Waals surface area contributed by atoms with Crippen LogP contribution in [-0.4, -0.2) is 23.1 Å². The topological polar surface area (TPSA) is 68.5 Å². The molecule has 1 aromatic heterocycles. The second-order valence-electron chi connectivity index (χ2n) is 5.07. The Morgan fingerprint density at radius 1 is 1.20 bits per heavy atom. The van der Waals surface area contributed by atoms with E-state index in [9.17, 15) is 4.79 Å². The van der Waals surface area contributed by atoms with Gasteiger partial charge in [0.15, 0.2) is 0 Å². The summed E-state index contributed by atoms with van der Waals surface area (Å²) in [7, 11) is 1.60. The van der Waals surface area contributed by atoms with Crippen molar-refractivity contribution in [2.75, 3.05) is 12.5 Å². The fourth-order valence-corrected chi connectivity index (χ4v) is 2.33. The van der Waals surface area contributed by atoms with Crippen LogP contribution >= 0.6 is 11.6 Å². The number of halogens is 1. The summed E-state index contributed by atoms with van der Waals surface area (Å²) in [4.78, 5) is 12.4. The first-order valence-electron chi connectivity index (χ1n) is 7.45. The van der Waals surface area contributed by atoms with Gasteiger partial charge in [0.1, 0.15) is 16.5 Å². The van der Waals surface area contributed by atoms with Crippen molar-refractivity contribution in [1.29, 1.82) is 0 Å². The summed E-state index contributed by atoms with van der Waals surface area (Å²) in [5.74, 6) is 0.731. The lowest BCUT2D eigenvalue weighted by Crippen LogP contribution is -2.22. The quantitative estimate of drug-likeness (QED) is 0.563. The standard InChI is InChI=1S/C18H15ClN4O2/c1-25-15-9-5-6-13(10-15)11-20-22-16-12-21-23(18(24)17(16)19)14-7-3-2-4-8-14/h2-12,22H,1H3/b20-11-. The second kappa shape index (κ2) is 7.63. The third-order valence-corrected chi connectivity index (χ3v) is 3.78. The van der Waals surface area contributed by atoms with Gasteiger partial charge in [-0.05, 0) is 29.8 Å². The average Bonchev–Trinajstić information content (AvgIpc) is 2.66. The van der Waals surface area contributed by atoms with Crippen molar-refractivity contribution in [2.24, 2.45) is 5.10 Å². The zero-order valence-corrected chi connectivity index (χ0v) is 14.1. The molecule has 25 heavy (non-hydrogen) atoms. The molecule has 6 nitrogen and oxygen atoms in total. The summed E-state index contributed by atoms with van der Waals surface area (Å²) in [5.41, 5.74) is 4.13. The zero-order valence-electron chi connectivity index (χ0n) is 13.4. The summed E-state index contributed by atoms with van der Waals surface area (Å²) < 4.78 is 6.39. The fourth-order valence-electron chi connectivity index (χ4n) is 2.16. The molecule has 0 radical (unpaired) electrons. The molecular formula is C18H15ClN4O2. The van der Waals surface area contributed by atoms with Crippen LogP contribution in [0.2, 0.25) is 5.02 Å². The lowest BCUT2D eigenvalue weighted by atomic mass is 10.2. The first-order valence-corrected chi connectivity index (χ1v) is 7.83. The number of aromatic nitrogens is 2. The number of methoxy groups -OCH3 is 1. The molecule has 2 aromatic carbocycles. The molecule has 0 aliphatic rings. The molecule has 3 rings (SSSR count). The van der Waals surface area contributed by atoms with Gasteiger partial charge in [-0.3, -0.25) is 10.2 Å². The van der Waals surface area contributed by atoms with Gasteiger partial charge in [-0.25, -0.2) is 0 Å². The highest BCUT2D eigenvalue weighted by Gasteiger charge is 2.09. The van der Waals surface area contributed by atoms with Gasteiger partial charge in [-0.2, -0.15) is 14.9 Å². The first kappa shape index (κ1) is 16.7. The highest BCUT2D eigenvalue weighted by Crippen LogP contribution is 2.17. The highest BCUT2D eigenvalue weighted by atomic mass is 35.5. The summed E-state index contributed by atoms with van der Waals surface area (Å²) in [5, 5.41) is 8.23. The Morgan fingerprint density at radius 2 is 2.00 bits per heavy atom. The molecule has 0 unspecified atom stereocenters. The van der Waals surface area contributed by atoms with E-state index in [1.807, 2.05) is 42.5 Å². The molecule has 0 saturated heterocycles. The summed E-state index contributed by atoms with van der Waals surface area (Å²) in [6, 6.07) is 16.5. The minimum atomic E-state index is -0.422. The van der Waals surface area contributed by atoms with Gasteiger partial charge < -0.3 is 4.74 Å². The lowest BCUT2D eigenvalue weighted by molar-refractivity contribution is 0.415. The monoisotopic (exact) mass is 354 g/mol. The van der Waals surface area contributed by atoms with Crippen LogP contribution in [0.5, 0.6) is 5.75 Å². The van der Waals surface area contributed by atoms with Gasteiger partial charge in [0.2, 0.25) is 0 Å². The Morgan fingerprint density at radius 3 is 2.76 bits per heavy atom. The minimum absolute atomic E-state index is 0.0154. The van der Waals surface area contributed by atoms with Crippen molar-refractivity contribution in [3.05, 3.63) is 81.7 Å². The molecule has 0 fully saturated rings. The number of hydrogen-bond donors (Lipinski definition) is 1. The van der Waals surface area contributed by atoms with Crippen molar-refractivity contribution >= 4 is 23.5 Å². The first-order chi connectivity index (χ1) is 12.2. The lowest BCUT2D eigenvalue weighted by Gasteiger charge is -2.07. The number of hydrazone groups is 1. The van der Waals surface area contributed by atoms with E-state index >= 15 is 0 Å². The molecule has 0 saturated carbocycles. The van der Waals surface area contributed by atoms with E-state index in [1.54, 1.807) is 25.5 Å². The van der Waals surface area contributed by atoms with Gasteiger partial charge in [0.25, 0.3) is 5.56 Å². The van der Waals surface area contributed by atoms with Crippen molar-refractivity contribution < 1.29 is 4.74 Å². The number of nitrogens with one attached hydrogen (secondary N) is 1. The number of anilines is 1. The van der Waals surface area contributed by atoms with Crippen LogP contribution in [0.25, 0.3) is 5.69 Å². The SMILES string of the molecule is COc1cccc(/C=N\Nc2cnn(-c3ccccc3)c(=O)c2Cl)c1. The maximum atomic E-state index is 12.4. The third-order valence-electron chi connectivity index (χ3n) is 3.41. The average molecular weight is 355 g/mol. The molecule has 0 amide bonds. The Labute approximate surface area is 149 Å². The number of nitrogens with zero attached hydrogens (tertiary/aromatic N) is 3. The van der Waals surface area contributed by atoms with Crippen molar-refractivity contribution in [3.63, 3.8) is 0 Å². The Bertz CT molecular complexity index is 955. The smallest absolute Gasteiger partial charge is 0.292 e. The van der Waals surface area contributed by atoms with Crippen LogP contribution < -0.4 is 15.7 Å². The van der Waals surface area contributed by atoms with Crippen molar-refractivity contribution in [2.45, 2.75) is 0 Å². The maximum Gasteiger partial charge on any atom is 0.292 e. The van der Waals surface area contributed by atoms with Gasteiger partial charge in [0.05, 0.1) is 25.2 Å². The molecular weight excluding hydrogens is 340 g/mol. The van der Waals surface area contributed by atoms with Gasteiger partial charge >= 0.3 is 0 Å². The highest BCUT2D eigenvalue weighted by molar-refractivity contribution is 6.32. The summed E-state index contributed by atoms with van der Waals surface area (Å²) in [6.45, 7) is 0. The van der Waals surface area contributed by atoms with E-state index in [1.165, 1.54) is 10.9 Å². The zero-order chi connectivity index (χ0) is 17.6. The van der Waals surface area contributed by atoms with Crippen molar-refractivity contribution in [1.82, 2.24) is 9.78 Å². The molecule has 0 aliphatic carbocycles. The molecule has 7 heteroatoms. The van der Waals surface area contributed by atoms with Gasteiger partial charge in [-0.1, -0.05) is 41.9 Å². The van der Waals surface area contributed by atoms with Gasteiger partial charge in [0, 0.05) is 0 Å². The fraction of sp³-hybridized carbons (Fsp3) is 0.0556. The molecule has 0 aliphatic heterocycles. The normalized spacial score (nSPS) is 10.8. The molecule has 0 bridgehead atoms. The van der Waals surface area contributed by atoms with Crippen LogP contribution in [0.4, 0.5) is 5.69 Å². The summed E-state index contributed by atoms with van der Waals surface area (Å²) >= 11 is 6.15. The number of benzene rings is 2. The van der Waals surface area contributed by atoms with E-state index in [4.69, 9.17) is 16.3 Å². The van der Waals surface area contributed by atoms with E-state index in [0.717, 1.165) is 11.3 Å². The number of rotatable bonds is 5. The van der Waals surface area contributed by atoms with Crippen LogP contribution in [-0.2, 0) is 0 Å². The second-order valence-corrected chi connectivity index (χ2v) is 5.45. The molecule has 0 atom stereocenters. The molecule has 3 aromatic rings. The van der Waals surface area contributed by atoms with Gasteiger partial charge in [-0.15, -0.1) is 0 Å². The number of para-hydroxylation sites is 1. The third kappa shape index (κ3) is 3.87. The van der Waals surface area contributed by atoms with Crippen LogP contribution in [0, 0.1) is 0 Å². The molecule has 126 valence electrons. The largest absolute Gasteiger partial charge is 0.497 e. The van der Waals surface area contributed by atoms with Crippen LogP contribution in [0.1, 0.15) is 5.56 Å². The predicted molar refractivity (Wildman–Crippen MR) is 99.1 cm³/mol. The maximum absolute atomic E-state index is 12.4. The van der Waals surface area contributed by atoms with E-state index in [2.05, 4.69) is 15.6 Å². The molecule has 1 N–H and O–H groups in total. The Kier molecular flexibility index (Phi) is 5.11. The van der Waals surface area contributed by atoms with Crippen LogP contribution in [0.3, 0.4) is 0 Å². The molecule has 0 spiro atoms. The predicted octanol–water partition coefficient (Wildman–Crippen LogP) is 3.34. The minimum Gasteiger partial charge on any atom is -0.497 e.